The van der Waals surface area contributed by atoms with Gasteiger partial charge < -0.3 is 0 Å². The van der Waals surface area contributed by atoms with E-state index in [-0.39, 0.29) is 5.92 Å². The molecule has 1 aliphatic rings. The highest BCUT2D eigenvalue weighted by Gasteiger charge is 2.25. The van der Waals surface area contributed by atoms with Crippen LogP contribution in [0.15, 0.2) is 39.5 Å². The van der Waals surface area contributed by atoms with Crippen LogP contribution in [0.4, 0.5) is 0 Å². The van der Waals surface area contributed by atoms with Crippen LogP contribution in [-0.4, -0.2) is 5.78 Å². The minimum absolute atomic E-state index is 0.154. The van der Waals surface area contributed by atoms with Gasteiger partial charge in [-0.05, 0) is 52.4 Å². The first-order chi connectivity index (χ1) is 8.74. The summed E-state index contributed by atoms with van der Waals surface area (Å²) in [4.78, 5) is 12.4. The number of carbonyl (C=O) groups is 1. The molecule has 18 heavy (non-hydrogen) atoms. The van der Waals surface area contributed by atoms with Crippen molar-refractivity contribution in [2.24, 2.45) is 5.92 Å². The molecular formula is C15H13BrOS. The number of fused-ring (bicyclic) bond motifs is 1. The van der Waals surface area contributed by atoms with Crippen molar-refractivity contribution in [3.8, 4) is 0 Å². The first kappa shape index (κ1) is 12.1. The maximum absolute atomic E-state index is 12.4. The van der Waals surface area contributed by atoms with Gasteiger partial charge in [0.2, 0.25) is 0 Å². The summed E-state index contributed by atoms with van der Waals surface area (Å²) in [6, 6.07) is 10.4. The predicted octanol–water partition coefficient (Wildman–Crippen LogP) is 4.50. The van der Waals surface area contributed by atoms with E-state index >= 15 is 0 Å². The molecular weight excluding hydrogens is 308 g/mol. The van der Waals surface area contributed by atoms with Crippen molar-refractivity contribution in [1.29, 1.82) is 0 Å². The fourth-order valence-corrected chi connectivity index (χ4v) is 3.74. The van der Waals surface area contributed by atoms with Gasteiger partial charge in [0.15, 0.2) is 5.78 Å². The quantitative estimate of drug-likeness (QED) is 0.745. The Labute approximate surface area is 119 Å². The maximum Gasteiger partial charge on any atom is 0.167 e. The standard InChI is InChI=1S/C15H13BrOS/c16-14-8-13(9-18-14)15(17)12-6-5-10-3-1-2-4-11(10)7-12/h1-4,8-9,12H,5-7H2. The second kappa shape index (κ2) is 4.98. The molecule has 1 aliphatic carbocycles. The average Bonchev–Trinajstić information content (AvgIpc) is 2.84. The third kappa shape index (κ3) is 2.29. The second-order valence-electron chi connectivity index (χ2n) is 4.71. The van der Waals surface area contributed by atoms with E-state index in [1.54, 1.807) is 11.3 Å². The maximum atomic E-state index is 12.4. The fraction of sp³-hybridized carbons (Fsp3) is 0.267. The Bertz CT molecular complexity index is 588. The number of aryl methyl sites for hydroxylation is 1. The lowest BCUT2D eigenvalue weighted by Crippen LogP contribution is -2.22. The molecule has 0 N–H and O–H groups in total. The summed E-state index contributed by atoms with van der Waals surface area (Å²) in [5, 5.41) is 1.95. The largest absolute Gasteiger partial charge is 0.294 e. The van der Waals surface area contributed by atoms with Gasteiger partial charge in [-0.3, -0.25) is 4.79 Å². The van der Waals surface area contributed by atoms with Gasteiger partial charge in [0, 0.05) is 16.9 Å². The number of hydrogen-bond acceptors (Lipinski definition) is 2. The van der Waals surface area contributed by atoms with E-state index < -0.39 is 0 Å². The molecule has 0 saturated carbocycles. The van der Waals surface area contributed by atoms with Crippen LogP contribution in [0.25, 0.3) is 0 Å². The van der Waals surface area contributed by atoms with Crippen LogP contribution >= 0.6 is 27.3 Å². The molecule has 1 unspecified atom stereocenters. The lowest BCUT2D eigenvalue weighted by molar-refractivity contribution is 0.0909. The molecule has 1 atom stereocenters. The van der Waals surface area contributed by atoms with Gasteiger partial charge in [0.25, 0.3) is 0 Å². The highest BCUT2D eigenvalue weighted by atomic mass is 79.9. The third-order valence-electron chi connectivity index (χ3n) is 3.57. The summed E-state index contributed by atoms with van der Waals surface area (Å²) in [5.41, 5.74) is 3.61. The summed E-state index contributed by atoms with van der Waals surface area (Å²) in [6.45, 7) is 0. The van der Waals surface area contributed by atoms with E-state index in [1.165, 1.54) is 11.1 Å². The zero-order chi connectivity index (χ0) is 12.5. The highest BCUT2D eigenvalue weighted by molar-refractivity contribution is 9.11. The monoisotopic (exact) mass is 320 g/mol. The van der Waals surface area contributed by atoms with Crippen molar-refractivity contribution < 1.29 is 4.79 Å². The highest BCUT2D eigenvalue weighted by Crippen LogP contribution is 2.30. The normalized spacial score (nSPS) is 18.4. The van der Waals surface area contributed by atoms with Crippen LogP contribution in [0.5, 0.6) is 0 Å². The summed E-state index contributed by atoms with van der Waals surface area (Å²) >= 11 is 4.99. The van der Waals surface area contributed by atoms with Crippen molar-refractivity contribution >= 4 is 33.0 Å². The van der Waals surface area contributed by atoms with Gasteiger partial charge in [0.05, 0.1) is 3.79 Å². The van der Waals surface area contributed by atoms with E-state index in [4.69, 9.17) is 0 Å². The molecule has 1 heterocycles. The number of halogens is 1. The van der Waals surface area contributed by atoms with Crippen molar-refractivity contribution in [2.45, 2.75) is 19.3 Å². The summed E-state index contributed by atoms with van der Waals surface area (Å²) in [7, 11) is 0. The number of hydrogen-bond donors (Lipinski definition) is 0. The first-order valence-corrected chi connectivity index (χ1v) is 7.76. The van der Waals surface area contributed by atoms with Gasteiger partial charge in [-0.1, -0.05) is 24.3 Å². The minimum Gasteiger partial charge on any atom is -0.294 e. The number of benzene rings is 1. The molecule has 0 aliphatic heterocycles. The molecule has 0 fully saturated rings. The molecule has 1 nitrogen and oxygen atoms in total. The number of carbonyl (C=O) groups excluding carboxylic acids is 1. The van der Waals surface area contributed by atoms with Crippen LogP contribution in [0.1, 0.15) is 27.9 Å². The van der Waals surface area contributed by atoms with Crippen LogP contribution in [0.2, 0.25) is 0 Å². The zero-order valence-electron chi connectivity index (χ0n) is 9.86. The molecule has 1 aromatic heterocycles. The van der Waals surface area contributed by atoms with E-state index in [0.717, 1.165) is 28.6 Å². The van der Waals surface area contributed by atoms with Gasteiger partial charge in [0.1, 0.15) is 0 Å². The summed E-state index contributed by atoms with van der Waals surface area (Å²) in [5.74, 6) is 0.452. The lowest BCUT2D eigenvalue weighted by atomic mass is 9.80. The average molecular weight is 321 g/mol. The van der Waals surface area contributed by atoms with Crippen molar-refractivity contribution in [3.05, 3.63) is 56.2 Å². The van der Waals surface area contributed by atoms with Gasteiger partial charge >= 0.3 is 0 Å². The number of ketones is 1. The molecule has 0 bridgehead atoms. The van der Waals surface area contributed by atoms with E-state index in [1.807, 2.05) is 11.4 Å². The second-order valence-corrected chi connectivity index (χ2v) is 7.00. The molecule has 0 spiro atoms. The first-order valence-electron chi connectivity index (χ1n) is 6.09. The van der Waals surface area contributed by atoms with Gasteiger partial charge in [-0.25, -0.2) is 0 Å². The van der Waals surface area contributed by atoms with Crippen LogP contribution < -0.4 is 0 Å². The molecule has 1 aromatic carbocycles. The molecule has 3 rings (SSSR count). The topological polar surface area (TPSA) is 17.1 Å². The molecule has 3 heteroatoms. The van der Waals surface area contributed by atoms with Gasteiger partial charge in [-0.2, -0.15) is 0 Å². The lowest BCUT2D eigenvalue weighted by Gasteiger charge is -2.23. The fourth-order valence-electron chi connectivity index (χ4n) is 2.60. The van der Waals surface area contributed by atoms with E-state index in [0.29, 0.717) is 5.78 Å². The number of thiophene rings is 1. The van der Waals surface area contributed by atoms with E-state index in [2.05, 4.69) is 40.2 Å². The summed E-state index contributed by atoms with van der Waals surface area (Å²) < 4.78 is 1.03. The molecule has 0 saturated heterocycles. The number of Topliss-reactive ketones (excluding diaryl/α,β-unsaturated/α-hetero) is 1. The Kier molecular flexibility index (Phi) is 3.35. The molecule has 0 radical (unpaired) electrons. The van der Waals surface area contributed by atoms with Crippen molar-refractivity contribution in [3.63, 3.8) is 0 Å². The Hall–Kier alpha value is -0.930. The van der Waals surface area contributed by atoms with Crippen LogP contribution in [0, 0.1) is 5.92 Å². The minimum atomic E-state index is 0.154. The van der Waals surface area contributed by atoms with Crippen molar-refractivity contribution in [2.75, 3.05) is 0 Å². The van der Waals surface area contributed by atoms with Crippen LogP contribution in [0.3, 0.4) is 0 Å². The Morgan fingerprint density at radius 2 is 2.06 bits per heavy atom. The Balaban J connectivity index is 1.82. The number of rotatable bonds is 2. The SMILES string of the molecule is O=C(c1csc(Br)c1)C1CCc2ccccc2C1. The Morgan fingerprint density at radius 1 is 1.28 bits per heavy atom. The summed E-state index contributed by atoms with van der Waals surface area (Å²) in [6.07, 6.45) is 2.89. The smallest absolute Gasteiger partial charge is 0.167 e. The molecule has 0 amide bonds. The Morgan fingerprint density at radius 3 is 2.78 bits per heavy atom. The third-order valence-corrected chi connectivity index (χ3v) is 5.07. The predicted molar refractivity (Wildman–Crippen MR) is 78.3 cm³/mol. The van der Waals surface area contributed by atoms with Gasteiger partial charge in [-0.15, -0.1) is 11.3 Å². The van der Waals surface area contributed by atoms with Crippen LogP contribution in [-0.2, 0) is 12.8 Å². The molecule has 92 valence electrons. The zero-order valence-corrected chi connectivity index (χ0v) is 12.3. The van der Waals surface area contributed by atoms with Crippen molar-refractivity contribution in [1.82, 2.24) is 0 Å². The van der Waals surface area contributed by atoms with E-state index in [9.17, 15) is 4.79 Å². The molecule has 2 aromatic rings.